The van der Waals surface area contributed by atoms with E-state index in [1.54, 1.807) is 0 Å². The van der Waals surface area contributed by atoms with Gasteiger partial charge in [0, 0.05) is 6.54 Å². The zero-order valence-electron chi connectivity index (χ0n) is 11.0. The molecule has 2 N–H and O–H groups in total. The van der Waals surface area contributed by atoms with Gasteiger partial charge in [0.1, 0.15) is 11.6 Å². The Bertz CT molecular complexity index is 507. The van der Waals surface area contributed by atoms with Gasteiger partial charge in [-0.1, -0.05) is 19.3 Å². The first-order valence-electron chi connectivity index (χ1n) is 7.07. The molecule has 1 fully saturated rings. The van der Waals surface area contributed by atoms with Crippen LogP contribution in [0.15, 0.2) is 21.6 Å². The minimum Gasteiger partial charge on any atom is -0.506 e. The van der Waals surface area contributed by atoms with Gasteiger partial charge < -0.3 is 10.4 Å². The van der Waals surface area contributed by atoms with E-state index in [0.717, 1.165) is 29.0 Å². The molecule has 1 heterocycles. The van der Waals surface area contributed by atoms with Crippen molar-refractivity contribution in [1.82, 2.24) is 5.32 Å². The summed E-state index contributed by atoms with van der Waals surface area (Å²) in [7, 11) is 0. The molecular formula is C15H19BrN2O. The largest absolute Gasteiger partial charge is 0.506 e. The molecule has 0 bridgehead atoms. The Hall–Kier alpha value is -1.03. The molecule has 0 spiro atoms. The number of hydrogen-bond acceptors (Lipinski definition) is 3. The standard InChI is InChI=1S/C15H19BrN2O/c16-13-9-11(10-4-2-1-3-5-10)8-12(14(13)19)15-17-6-7-18-15/h8-10,19H,1-7H2,(H,17,18). The highest BCUT2D eigenvalue weighted by Gasteiger charge is 2.21. The Kier molecular flexibility index (Phi) is 3.78. The molecule has 3 nitrogen and oxygen atoms in total. The fraction of sp³-hybridized carbons (Fsp3) is 0.533. The molecule has 0 unspecified atom stereocenters. The number of halogens is 1. The highest BCUT2D eigenvalue weighted by Crippen LogP contribution is 2.38. The third kappa shape index (κ3) is 2.64. The molecule has 3 rings (SSSR count). The molecule has 0 atom stereocenters. The Morgan fingerprint density at radius 1 is 1.21 bits per heavy atom. The predicted molar refractivity (Wildman–Crippen MR) is 81.0 cm³/mol. The topological polar surface area (TPSA) is 44.6 Å². The molecule has 0 radical (unpaired) electrons. The first-order valence-corrected chi connectivity index (χ1v) is 7.86. The van der Waals surface area contributed by atoms with Crippen LogP contribution in [-0.2, 0) is 0 Å². The molecule has 4 heteroatoms. The van der Waals surface area contributed by atoms with Gasteiger partial charge in [0.2, 0.25) is 0 Å². The highest BCUT2D eigenvalue weighted by molar-refractivity contribution is 9.10. The number of aliphatic imine (C=N–C) groups is 1. The van der Waals surface area contributed by atoms with Gasteiger partial charge in [-0.05, 0) is 52.4 Å². The van der Waals surface area contributed by atoms with Crippen molar-refractivity contribution in [2.45, 2.75) is 38.0 Å². The molecule has 1 saturated carbocycles. The normalized spacial score (nSPS) is 20.2. The Balaban J connectivity index is 1.97. The number of rotatable bonds is 2. The maximum absolute atomic E-state index is 10.2. The van der Waals surface area contributed by atoms with Crippen LogP contribution in [0.25, 0.3) is 0 Å². The smallest absolute Gasteiger partial charge is 0.140 e. The van der Waals surface area contributed by atoms with Crippen molar-refractivity contribution in [3.8, 4) is 5.75 Å². The summed E-state index contributed by atoms with van der Waals surface area (Å²) in [5.41, 5.74) is 2.17. The first kappa shape index (κ1) is 13.0. The quantitative estimate of drug-likeness (QED) is 0.874. The summed E-state index contributed by atoms with van der Waals surface area (Å²) in [5.74, 6) is 1.76. The van der Waals surface area contributed by atoms with Gasteiger partial charge in [0.25, 0.3) is 0 Å². The van der Waals surface area contributed by atoms with E-state index in [2.05, 4.69) is 38.4 Å². The van der Waals surface area contributed by atoms with Crippen LogP contribution >= 0.6 is 15.9 Å². The van der Waals surface area contributed by atoms with Crippen molar-refractivity contribution in [1.29, 1.82) is 0 Å². The number of benzene rings is 1. The van der Waals surface area contributed by atoms with Gasteiger partial charge >= 0.3 is 0 Å². The molecule has 0 amide bonds. The lowest BCUT2D eigenvalue weighted by Gasteiger charge is -2.23. The lowest BCUT2D eigenvalue weighted by atomic mass is 9.83. The highest BCUT2D eigenvalue weighted by atomic mass is 79.9. The van der Waals surface area contributed by atoms with Crippen LogP contribution < -0.4 is 5.32 Å². The molecule has 1 aliphatic carbocycles. The fourth-order valence-electron chi connectivity index (χ4n) is 3.05. The number of aromatic hydroxyl groups is 1. The third-order valence-electron chi connectivity index (χ3n) is 4.09. The summed E-state index contributed by atoms with van der Waals surface area (Å²) in [6.07, 6.45) is 6.51. The van der Waals surface area contributed by atoms with Crippen LogP contribution in [0.4, 0.5) is 0 Å². The minimum absolute atomic E-state index is 0.299. The van der Waals surface area contributed by atoms with Crippen LogP contribution in [-0.4, -0.2) is 24.0 Å². The van der Waals surface area contributed by atoms with Gasteiger partial charge in [-0.2, -0.15) is 0 Å². The maximum atomic E-state index is 10.2. The van der Waals surface area contributed by atoms with Gasteiger partial charge in [-0.3, -0.25) is 4.99 Å². The molecule has 19 heavy (non-hydrogen) atoms. The summed E-state index contributed by atoms with van der Waals surface area (Å²) >= 11 is 3.48. The summed E-state index contributed by atoms with van der Waals surface area (Å²) < 4.78 is 0.780. The van der Waals surface area contributed by atoms with E-state index in [1.807, 2.05) is 0 Å². The molecule has 1 aliphatic heterocycles. The van der Waals surface area contributed by atoms with Crippen LogP contribution in [0.1, 0.15) is 49.1 Å². The number of amidine groups is 1. The Morgan fingerprint density at radius 3 is 2.68 bits per heavy atom. The summed E-state index contributed by atoms with van der Waals surface area (Å²) in [6.45, 7) is 1.65. The van der Waals surface area contributed by atoms with Crippen LogP contribution in [0, 0.1) is 0 Å². The van der Waals surface area contributed by atoms with Crippen molar-refractivity contribution in [2.75, 3.05) is 13.1 Å². The lowest BCUT2D eigenvalue weighted by molar-refractivity contribution is 0.441. The maximum Gasteiger partial charge on any atom is 0.140 e. The SMILES string of the molecule is Oc1c(Br)cc(C2CCCCC2)cc1C1=NCCN1. The fourth-order valence-corrected chi connectivity index (χ4v) is 3.53. The minimum atomic E-state index is 0.299. The Morgan fingerprint density at radius 2 is 2.00 bits per heavy atom. The summed E-state index contributed by atoms with van der Waals surface area (Å²) in [5, 5.41) is 13.5. The summed E-state index contributed by atoms with van der Waals surface area (Å²) in [4.78, 5) is 4.42. The van der Waals surface area contributed by atoms with E-state index in [0.29, 0.717) is 11.7 Å². The average Bonchev–Trinajstić information content (AvgIpc) is 2.96. The number of nitrogens with zero attached hydrogens (tertiary/aromatic N) is 1. The second kappa shape index (κ2) is 5.53. The molecule has 102 valence electrons. The third-order valence-corrected chi connectivity index (χ3v) is 4.70. The average molecular weight is 323 g/mol. The van der Waals surface area contributed by atoms with E-state index in [-0.39, 0.29) is 0 Å². The van der Waals surface area contributed by atoms with E-state index >= 15 is 0 Å². The van der Waals surface area contributed by atoms with E-state index in [9.17, 15) is 5.11 Å². The molecule has 1 aromatic rings. The van der Waals surface area contributed by atoms with Gasteiger partial charge in [-0.25, -0.2) is 0 Å². The number of nitrogens with one attached hydrogen (secondary N) is 1. The van der Waals surface area contributed by atoms with Crippen molar-refractivity contribution in [3.05, 3.63) is 27.7 Å². The Labute approximate surface area is 122 Å². The summed E-state index contributed by atoms with van der Waals surface area (Å²) in [6, 6.07) is 4.19. The van der Waals surface area contributed by atoms with Gasteiger partial charge in [-0.15, -0.1) is 0 Å². The van der Waals surface area contributed by atoms with Crippen molar-refractivity contribution in [3.63, 3.8) is 0 Å². The van der Waals surface area contributed by atoms with Crippen LogP contribution in [0.3, 0.4) is 0 Å². The molecule has 0 saturated heterocycles. The molecule has 1 aromatic carbocycles. The van der Waals surface area contributed by atoms with Crippen LogP contribution in [0.5, 0.6) is 5.75 Å². The van der Waals surface area contributed by atoms with E-state index in [1.165, 1.54) is 37.7 Å². The van der Waals surface area contributed by atoms with Crippen molar-refractivity contribution in [2.24, 2.45) is 4.99 Å². The van der Waals surface area contributed by atoms with E-state index in [4.69, 9.17) is 0 Å². The first-order chi connectivity index (χ1) is 9.25. The number of phenols is 1. The van der Waals surface area contributed by atoms with Crippen molar-refractivity contribution < 1.29 is 5.11 Å². The predicted octanol–water partition coefficient (Wildman–Crippen LogP) is 3.55. The van der Waals surface area contributed by atoms with Crippen LogP contribution in [0.2, 0.25) is 0 Å². The lowest BCUT2D eigenvalue weighted by Crippen LogP contribution is -2.20. The van der Waals surface area contributed by atoms with Gasteiger partial charge in [0.05, 0.1) is 16.6 Å². The second-order valence-electron chi connectivity index (χ2n) is 5.39. The number of phenolic OH excluding ortho intramolecular Hbond substituents is 1. The zero-order chi connectivity index (χ0) is 13.2. The molecule has 2 aliphatic rings. The number of hydrogen-bond donors (Lipinski definition) is 2. The van der Waals surface area contributed by atoms with Gasteiger partial charge in [0.15, 0.2) is 0 Å². The molecular weight excluding hydrogens is 304 g/mol. The monoisotopic (exact) mass is 322 g/mol. The second-order valence-corrected chi connectivity index (χ2v) is 6.25. The van der Waals surface area contributed by atoms with E-state index < -0.39 is 0 Å². The molecule has 0 aromatic heterocycles. The zero-order valence-corrected chi connectivity index (χ0v) is 12.5. The van der Waals surface area contributed by atoms with Crippen molar-refractivity contribution >= 4 is 21.8 Å².